The van der Waals surface area contributed by atoms with Crippen molar-refractivity contribution in [1.82, 2.24) is 0 Å². The van der Waals surface area contributed by atoms with Gasteiger partial charge in [0.1, 0.15) is 11.9 Å². The first-order valence-corrected chi connectivity index (χ1v) is 5.52. The van der Waals surface area contributed by atoms with Gasteiger partial charge < -0.3 is 14.9 Å². The molecule has 0 saturated heterocycles. The first-order valence-electron chi connectivity index (χ1n) is 5.52. The van der Waals surface area contributed by atoms with Crippen molar-refractivity contribution in [3.63, 3.8) is 0 Å². The van der Waals surface area contributed by atoms with E-state index in [1.165, 1.54) is 0 Å². The van der Waals surface area contributed by atoms with Crippen molar-refractivity contribution in [2.45, 2.75) is 51.7 Å². The van der Waals surface area contributed by atoms with E-state index in [1.54, 1.807) is 0 Å². The molecule has 0 aliphatic heterocycles. The summed E-state index contributed by atoms with van der Waals surface area (Å²) in [5.74, 6) is 0.276. The lowest BCUT2D eigenvalue weighted by Gasteiger charge is -2.14. The fraction of sp³-hybridized carbons (Fsp3) is 0.909. The minimum atomic E-state index is -0.801. The first kappa shape index (κ1) is 14.6. The molecule has 0 aliphatic rings. The summed E-state index contributed by atoms with van der Waals surface area (Å²) in [6.45, 7) is 3.64. The number of aliphatic hydroxyl groups is 2. The molecule has 4 heteroatoms. The fourth-order valence-electron chi connectivity index (χ4n) is 1.17. The van der Waals surface area contributed by atoms with Gasteiger partial charge in [-0.2, -0.15) is 0 Å². The van der Waals surface area contributed by atoms with Crippen LogP contribution >= 0.6 is 0 Å². The van der Waals surface area contributed by atoms with Gasteiger partial charge in [-0.25, -0.2) is 0 Å². The summed E-state index contributed by atoms with van der Waals surface area (Å²) in [6, 6.07) is 0. The van der Waals surface area contributed by atoms with Crippen LogP contribution in [0.1, 0.15) is 39.5 Å². The van der Waals surface area contributed by atoms with Crippen LogP contribution in [0.15, 0.2) is 0 Å². The highest BCUT2D eigenvalue weighted by atomic mass is 16.5. The Morgan fingerprint density at radius 3 is 2.67 bits per heavy atom. The Bertz CT molecular complexity index is 170. The van der Waals surface area contributed by atoms with Crippen LogP contribution in [0.5, 0.6) is 0 Å². The number of hydrogen-bond acceptors (Lipinski definition) is 4. The highest BCUT2D eigenvalue weighted by Gasteiger charge is 2.07. The van der Waals surface area contributed by atoms with E-state index in [9.17, 15) is 4.79 Å². The van der Waals surface area contributed by atoms with Crippen LogP contribution in [0.3, 0.4) is 0 Å². The Balaban J connectivity index is 3.40. The van der Waals surface area contributed by atoms with Gasteiger partial charge in [0.2, 0.25) is 0 Å². The number of aliphatic hydroxyl groups excluding tert-OH is 2. The number of carbonyl (C=O) groups is 1. The fourth-order valence-corrected chi connectivity index (χ4v) is 1.17. The van der Waals surface area contributed by atoms with E-state index in [-0.39, 0.29) is 25.1 Å². The zero-order valence-electron chi connectivity index (χ0n) is 9.61. The molecule has 0 heterocycles. The van der Waals surface area contributed by atoms with Crippen molar-refractivity contribution in [2.24, 2.45) is 0 Å². The second-order valence-corrected chi connectivity index (χ2v) is 3.76. The van der Waals surface area contributed by atoms with E-state index in [1.807, 2.05) is 13.8 Å². The standard InChI is InChI=1S/C11H22O4/c1-3-10(13)6-4-5-9(2)15-8-11(14)7-12/h9,11-12,14H,3-8H2,1-2H3. The topological polar surface area (TPSA) is 66.8 Å². The second kappa shape index (κ2) is 8.83. The molecule has 0 bridgehead atoms. The van der Waals surface area contributed by atoms with Crippen molar-refractivity contribution >= 4 is 5.78 Å². The van der Waals surface area contributed by atoms with Gasteiger partial charge in [0, 0.05) is 12.8 Å². The molecule has 0 radical (unpaired) electrons. The third-order valence-electron chi connectivity index (χ3n) is 2.24. The summed E-state index contributed by atoms with van der Waals surface area (Å²) in [5.41, 5.74) is 0. The van der Waals surface area contributed by atoms with Crippen LogP contribution in [0.2, 0.25) is 0 Å². The minimum absolute atomic E-state index is 0.0239. The van der Waals surface area contributed by atoms with Crippen LogP contribution in [-0.4, -0.2) is 41.4 Å². The maximum Gasteiger partial charge on any atom is 0.132 e. The number of ketones is 1. The van der Waals surface area contributed by atoms with Gasteiger partial charge in [-0.15, -0.1) is 0 Å². The lowest BCUT2D eigenvalue weighted by atomic mass is 10.1. The molecule has 0 rings (SSSR count). The van der Waals surface area contributed by atoms with E-state index < -0.39 is 6.10 Å². The molecule has 90 valence electrons. The predicted octanol–water partition coefficient (Wildman–Crippen LogP) is 0.894. The van der Waals surface area contributed by atoms with Crippen LogP contribution in [0, 0.1) is 0 Å². The lowest BCUT2D eigenvalue weighted by Crippen LogP contribution is -2.23. The van der Waals surface area contributed by atoms with Crippen LogP contribution < -0.4 is 0 Å². The SMILES string of the molecule is CCC(=O)CCCC(C)OCC(O)CO. The molecule has 0 saturated carbocycles. The molecule has 0 fully saturated rings. The highest BCUT2D eigenvalue weighted by molar-refractivity contribution is 5.77. The van der Waals surface area contributed by atoms with Crippen molar-refractivity contribution in [2.75, 3.05) is 13.2 Å². The minimum Gasteiger partial charge on any atom is -0.394 e. The highest BCUT2D eigenvalue weighted by Crippen LogP contribution is 2.06. The Morgan fingerprint density at radius 2 is 2.13 bits per heavy atom. The predicted molar refractivity (Wildman–Crippen MR) is 57.7 cm³/mol. The molecule has 0 aromatic rings. The third kappa shape index (κ3) is 8.54. The molecule has 0 aliphatic carbocycles. The average Bonchev–Trinajstić information content (AvgIpc) is 2.25. The van der Waals surface area contributed by atoms with E-state index >= 15 is 0 Å². The smallest absolute Gasteiger partial charge is 0.132 e. The zero-order chi connectivity index (χ0) is 11.7. The van der Waals surface area contributed by atoms with Gasteiger partial charge in [0.25, 0.3) is 0 Å². The number of ether oxygens (including phenoxy) is 1. The Hall–Kier alpha value is -0.450. The molecule has 4 nitrogen and oxygen atoms in total. The molecule has 0 amide bonds. The largest absolute Gasteiger partial charge is 0.394 e. The van der Waals surface area contributed by atoms with Crippen molar-refractivity contribution in [3.8, 4) is 0 Å². The van der Waals surface area contributed by atoms with Gasteiger partial charge in [0.15, 0.2) is 0 Å². The molecule has 2 N–H and O–H groups in total. The van der Waals surface area contributed by atoms with Gasteiger partial charge in [0.05, 0.1) is 19.3 Å². The summed E-state index contributed by atoms with van der Waals surface area (Å²) in [4.78, 5) is 11.0. The number of Topliss-reactive ketones (excluding diaryl/α,β-unsaturated/α-hetero) is 1. The van der Waals surface area contributed by atoms with Gasteiger partial charge in [-0.1, -0.05) is 6.92 Å². The van der Waals surface area contributed by atoms with E-state index in [0.717, 1.165) is 12.8 Å². The summed E-state index contributed by atoms with van der Waals surface area (Å²) in [6.07, 6.45) is 2.05. The quantitative estimate of drug-likeness (QED) is 0.603. The third-order valence-corrected chi connectivity index (χ3v) is 2.24. The van der Waals surface area contributed by atoms with Gasteiger partial charge >= 0.3 is 0 Å². The Labute approximate surface area is 91.3 Å². The molecule has 0 aromatic heterocycles. The molecule has 0 spiro atoms. The van der Waals surface area contributed by atoms with Crippen molar-refractivity contribution in [3.05, 3.63) is 0 Å². The molecule has 2 atom stereocenters. The van der Waals surface area contributed by atoms with E-state index in [4.69, 9.17) is 14.9 Å². The van der Waals surface area contributed by atoms with Crippen molar-refractivity contribution in [1.29, 1.82) is 0 Å². The molecule has 15 heavy (non-hydrogen) atoms. The lowest BCUT2D eigenvalue weighted by molar-refractivity contribution is -0.119. The van der Waals surface area contributed by atoms with E-state index in [2.05, 4.69) is 0 Å². The maximum atomic E-state index is 11.0. The molecule has 0 aromatic carbocycles. The summed E-state index contributed by atoms with van der Waals surface area (Å²) in [7, 11) is 0. The molecular formula is C11H22O4. The van der Waals surface area contributed by atoms with Crippen molar-refractivity contribution < 1.29 is 19.7 Å². The van der Waals surface area contributed by atoms with Crippen LogP contribution in [-0.2, 0) is 9.53 Å². The first-order chi connectivity index (χ1) is 7.10. The zero-order valence-corrected chi connectivity index (χ0v) is 9.61. The van der Waals surface area contributed by atoms with Gasteiger partial charge in [-0.05, 0) is 19.8 Å². The Morgan fingerprint density at radius 1 is 1.47 bits per heavy atom. The summed E-state index contributed by atoms with van der Waals surface area (Å²) < 4.78 is 5.29. The number of rotatable bonds is 9. The average molecular weight is 218 g/mol. The van der Waals surface area contributed by atoms with Crippen LogP contribution in [0.25, 0.3) is 0 Å². The van der Waals surface area contributed by atoms with Gasteiger partial charge in [-0.3, -0.25) is 4.79 Å². The maximum absolute atomic E-state index is 11.0. The number of hydrogen-bond donors (Lipinski definition) is 2. The monoisotopic (exact) mass is 218 g/mol. The summed E-state index contributed by atoms with van der Waals surface area (Å²) >= 11 is 0. The second-order valence-electron chi connectivity index (χ2n) is 3.76. The van der Waals surface area contributed by atoms with E-state index in [0.29, 0.717) is 12.8 Å². The molecule has 2 unspecified atom stereocenters. The summed E-state index contributed by atoms with van der Waals surface area (Å²) in [5, 5.41) is 17.6. The Kier molecular flexibility index (Phi) is 8.56. The van der Waals surface area contributed by atoms with Crippen LogP contribution in [0.4, 0.5) is 0 Å². The normalized spacial score (nSPS) is 14.9. The number of carbonyl (C=O) groups excluding carboxylic acids is 1. The molecular weight excluding hydrogens is 196 g/mol.